The van der Waals surface area contributed by atoms with Gasteiger partial charge in [0.25, 0.3) is 5.91 Å². The number of nitrogen functional groups attached to an aromatic ring is 1. The number of aromatic nitrogens is 1. The van der Waals surface area contributed by atoms with E-state index in [1.54, 1.807) is 30.1 Å². The number of hydrogen-bond acceptors (Lipinski definition) is 5. The molecule has 6 nitrogen and oxygen atoms in total. The van der Waals surface area contributed by atoms with Crippen LogP contribution in [0.4, 0.5) is 5.82 Å². The van der Waals surface area contributed by atoms with Crippen molar-refractivity contribution in [3.63, 3.8) is 0 Å². The zero-order valence-corrected chi connectivity index (χ0v) is 11.1. The number of carbonyl (C=O) groups excluding carboxylic acids is 1. The van der Waals surface area contributed by atoms with Crippen molar-refractivity contribution in [2.45, 2.75) is 25.4 Å². The summed E-state index contributed by atoms with van der Waals surface area (Å²) in [6, 6.07) is 5.14. The van der Waals surface area contributed by atoms with Crippen LogP contribution >= 0.6 is 0 Å². The van der Waals surface area contributed by atoms with Crippen LogP contribution in [0, 0.1) is 0 Å². The van der Waals surface area contributed by atoms with E-state index in [-0.39, 0.29) is 12.0 Å². The molecule has 0 saturated carbocycles. The number of nitrogens with zero attached hydrogens (tertiary/aromatic N) is 2. The maximum atomic E-state index is 12.2. The van der Waals surface area contributed by atoms with Gasteiger partial charge in [0.05, 0.1) is 6.10 Å². The maximum absolute atomic E-state index is 12.2. The van der Waals surface area contributed by atoms with Crippen molar-refractivity contribution in [2.75, 3.05) is 25.6 Å². The molecule has 0 spiro atoms. The zero-order chi connectivity index (χ0) is 13.7. The van der Waals surface area contributed by atoms with E-state index in [2.05, 4.69) is 10.4 Å². The predicted molar refractivity (Wildman–Crippen MR) is 72.6 cm³/mol. The van der Waals surface area contributed by atoms with E-state index in [0.29, 0.717) is 18.1 Å². The molecule has 0 aliphatic carbocycles. The first-order valence-electron chi connectivity index (χ1n) is 6.51. The molecule has 6 heteroatoms. The molecule has 0 radical (unpaired) electrons. The molecule has 1 saturated heterocycles. The highest BCUT2D eigenvalue weighted by atomic mass is 16.5. The first kappa shape index (κ1) is 13.8. The predicted octanol–water partition coefficient (Wildman–Crippen LogP) is 1.01. The zero-order valence-electron chi connectivity index (χ0n) is 11.1. The van der Waals surface area contributed by atoms with Gasteiger partial charge in [-0.1, -0.05) is 6.07 Å². The summed E-state index contributed by atoms with van der Waals surface area (Å²) >= 11 is 0. The Kier molecular flexibility index (Phi) is 4.70. The Morgan fingerprint density at radius 3 is 3.11 bits per heavy atom. The van der Waals surface area contributed by atoms with Crippen LogP contribution in [0.3, 0.4) is 0 Å². The molecule has 104 valence electrons. The second kappa shape index (κ2) is 6.49. The summed E-state index contributed by atoms with van der Waals surface area (Å²) in [5.74, 6) is 5.65. The van der Waals surface area contributed by atoms with Crippen LogP contribution in [0.25, 0.3) is 0 Å². The molecule has 1 aromatic rings. The number of hydrazine groups is 1. The van der Waals surface area contributed by atoms with Crippen molar-refractivity contribution in [3.8, 4) is 0 Å². The first-order chi connectivity index (χ1) is 9.20. The van der Waals surface area contributed by atoms with Gasteiger partial charge in [0.1, 0.15) is 11.5 Å². The van der Waals surface area contributed by atoms with Crippen LogP contribution in [0.15, 0.2) is 18.2 Å². The molecule has 1 atom stereocenters. The third-order valence-corrected chi connectivity index (χ3v) is 3.21. The number of likely N-dealkylation sites (N-methyl/N-ethyl adjacent to an activating group) is 1. The maximum Gasteiger partial charge on any atom is 0.272 e. The second-order valence-electron chi connectivity index (χ2n) is 4.73. The van der Waals surface area contributed by atoms with Gasteiger partial charge in [-0.3, -0.25) is 4.79 Å². The molecule has 3 N–H and O–H groups in total. The molecular formula is C13H20N4O2. The number of rotatable bonds is 4. The molecular weight excluding hydrogens is 244 g/mol. The fraction of sp³-hybridized carbons (Fsp3) is 0.538. The lowest BCUT2D eigenvalue weighted by atomic mass is 10.1. The summed E-state index contributed by atoms with van der Waals surface area (Å²) in [4.78, 5) is 18.0. The van der Waals surface area contributed by atoms with Crippen molar-refractivity contribution in [3.05, 3.63) is 23.9 Å². The molecule has 1 amide bonds. The highest BCUT2D eigenvalue weighted by Crippen LogP contribution is 2.14. The van der Waals surface area contributed by atoms with Crippen molar-refractivity contribution in [1.82, 2.24) is 9.88 Å². The van der Waals surface area contributed by atoms with Gasteiger partial charge < -0.3 is 15.1 Å². The van der Waals surface area contributed by atoms with Crippen molar-refractivity contribution in [2.24, 2.45) is 5.84 Å². The summed E-state index contributed by atoms with van der Waals surface area (Å²) in [5.41, 5.74) is 2.82. The molecule has 2 rings (SSSR count). The molecule has 1 aromatic heterocycles. The Balaban J connectivity index is 1.97. The molecule has 0 bridgehead atoms. The standard InChI is InChI=1S/C13H20N4O2/c1-17(9-10-5-2-3-8-19-10)13(18)11-6-4-7-12(15-11)16-14/h4,6-7,10H,2-3,5,8-9,14H2,1H3,(H,15,16). The molecule has 0 aromatic carbocycles. The number of nitrogens with two attached hydrogens (primary N) is 1. The lowest BCUT2D eigenvalue weighted by molar-refractivity contribution is -0.000286. The van der Waals surface area contributed by atoms with Crippen LogP contribution in [-0.2, 0) is 4.74 Å². The Morgan fingerprint density at radius 2 is 2.42 bits per heavy atom. The third-order valence-electron chi connectivity index (χ3n) is 3.21. The lowest BCUT2D eigenvalue weighted by Crippen LogP contribution is -2.37. The molecule has 1 unspecified atom stereocenters. The Hall–Kier alpha value is -1.66. The van der Waals surface area contributed by atoms with E-state index in [1.807, 2.05) is 0 Å². The number of hydrogen-bond donors (Lipinski definition) is 2. The van der Waals surface area contributed by atoms with E-state index in [9.17, 15) is 4.79 Å². The third kappa shape index (κ3) is 3.65. The average Bonchev–Trinajstić information content (AvgIpc) is 2.47. The Bertz CT molecular complexity index is 432. The fourth-order valence-corrected chi connectivity index (χ4v) is 2.17. The van der Waals surface area contributed by atoms with Crippen molar-refractivity contribution in [1.29, 1.82) is 0 Å². The molecule has 19 heavy (non-hydrogen) atoms. The summed E-state index contributed by atoms with van der Waals surface area (Å²) in [6.45, 7) is 1.39. The lowest BCUT2D eigenvalue weighted by Gasteiger charge is -2.27. The van der Waals surface area contributed by atoms with Crippen LogP contribution < -0.4 is 11.3 Å². The topological polar surface area (TPSA) is 80.5 Å². The number of pyridine rings is 1. The minimum atomic E-state index is -0.119. The minimum absolute atomic E-state index is 0.119. The van der Waals surface area contributed by atoms with E-state index in [4.69, 9.17) is 10.6 Å². The molecule has 1 aliphatic rings. The second-order valence-corrected chi connectivity index (χ2v) is 4.73. The van der Waals surface area contributed by atoms with Gasteiger partial charge in [-0.25, -0.2) is 10.8 Å². The molecule has 1 fully saturated rings. The SMILES string of the molecule is CN(CC1CCCCO1)C(=O)c1cccc(NN)n1. The Morgan fingerprint density at radius 1 is 1.58 bits per heavy atom. The van der Waals surface area contributed by atoms with Gasteiger partial charge in [-0.15, -0.1) is 0 Å². The summed E-state index contributed by atoms with van der Waals surface area (Å²) in [6.07, 6.45) is 3.42. The first-order valence-corrected chi connectivity index (χ1v) is 6.51. The number of nitrogens with one attached hydrogen (secondary N) is 1. The fourth-order valence-electron chi connectivity index (χ4n) is 2.17. The van der Waals surface area contributed by atoms with Gasteiger partial charge in [-0.2, -0.15) is 0 Å². The van der Waals surface area contributed by atoms with Gasteiger partial charge in [0.15, 0.2) is 0 Å². The highest BCUT2D eigenvalue weighted by molar-refractivity contribution is 5.92. The quantitative estimate of drug-likeness (QED) is 0.626. The summed E-state index contributed by atoms with van der Waals surface area (Å²) < 4.78 is 5.63. The molecule has 1 aliphatic heterocycles. The number of amides is 1. The van der Waals surface area contributed by atoms with Gasteiger partial charge in [-0.05, 0) is 31.4 Å². The van der Waals surface area contributed by atoms with E-state index in [0.717, 1.165) is 25.9 Å². The number of anilines is 1. The monoisotopic (exact) mass is 264 g/mol. The van der Waals surface area contributed by atoms with Crippen LogP contribution in [0.1, 0.15) is 29.8 Å². The summed E-state index contributed by atoms with van der Waals surface area (Å²) in [7, 11) is 1.77. The largest absolute Gasteiger partial charge is 0.376 e. The normalized spacial score (nSPS) is 18.9. The van der Waals surface area contributed by atoms with Gasteiger partial charge in [0.2, 0.25) is 0 Å². The smallest absolute Gasteiger partial charge is 0.272 e. The molecule has 2 heterocycles. The minimum Gasteiger partial charge on any atom is -0.376 e. The average molecular weight is 264 g/mol. The van der Waals surface area contributed by atoms with E-state index < -0.39 is 0 Å². The highest BCUT2D eigenvalue weighted by Gasteiger charge is 2.20. The van der Waals surface area contributed by atoms with E-state index >= 15 is 0 Å². The number of ether oxygens (including phenoxy) is 1. The van der Waals surface area contributed by atoms with E-state index in [1.165, 1.54) is 0 Å². The van der Waals surface area contributed by atoms with Gasteiger partial charge in [0, 0.05) is 20.2 Å². The van der Waals surface area contributed by atoms with Gasteiger partial charge >= 0.3 is 0 Å². The Labute approximate surface area is 112 Å². The van der Waals surface area contributed by atoms with Crippen molar-refractivity contribution >= 4 is 11.7 Å². The van der Waals surface area contributed by atoms with Crippen LogP contribution in [0.5, 0.6) is 0 Å². The van der Waals surface area contributed by atoms with Crippen molar-refractivity contribution < 1.29 is 9.53 Å². The summed E-state index contributed by atoms with van der Waals surface area (Å²) in [5, 5.41) is 0. The van der Waals surface area contributed by atoms with Crippen LogP contribution in [0.2, 0.25) is 0 Å². The van der Waals surface area contributed by atoms with Crippen LogP contribution in [-0.4, -0.2) is 42.1 Å². The number of carbonyl (C=O) groups is 1.